The topological polar surface area (TPSA) is 35.0 Å². The highest BCUT2D eigenvalue weighted by Crippen LogP contribution is 2.23. The van der Waals surface area contributed by atoms with E-state index in [1.165, 1.54) is 11.1 Å². The Balaban J connectivity index is 1.82. The number of aromatic nitrogens is 2. The molecule has 17 heavy (non-hydrogen) atoms. The van der Waals surface area contributed by atoms with Crippen LogP contribution in [0.2, 0.25) is 0 Å². The standard InChI is InChI=1S/C12H14N2OS2/c1-9-4-3-5-10(2)11(9)15-6-7-16-12-14-13-8-17-12/h3-5,8H,6-7H2,1-2H3. The molecular formula is C12H14N2OS2. The molecule has 0 amide bonds. The maximum atomic E-state index is 5.80. The minimum absolute atomic E-state index is 0.690. The van der Waals surface area contributed by atoms with Crippen molar-refractivity contribution >= 4 is 23.1 Å². The lowest BCUT2D eigenvalue weighted by Crippen LogP contribution is -2.02. The minimum Gasteiger partial charge on any atom is -0.492 e. The number of nitrogens with zero attached hydrogens (tertiary/aromatic N) is 2. The van der Waals surface area contributed by atoms with Crippen LogP contribution in [-0.4, -0.2) is 22.6 Å². The molecule has 0 bridgehead atoms. The summed E-state index contributed by atoms with van der Waals surface area (Å²) in [5, 5.41) is 7.77. The van der Waals surface area contributed by atoms with Crippen molar-refractivity contribution in [3.63, 3.8) is 0 Å². The second kappa shape index (κ2) is 6.02. The Bertz CT molecular complexity index is 451. The van der Waals surface area contributed by atoms with Crippen molar-refractivity contribution in [2.75, 3.05) is 12.4 Å². The quantitative estimate of drug-likeness (QED) is 0.614. The Hall–Kier alpha value is -1.07. The molecule has 1 aromatic heterocycles. The van der Waals surface area contributed by atoms with Gasteiger partial charge in [-0.25, -0.2) is 0 Å². The van der Waals surface area contributed by atoms with E-state index in [0.717, 1.165) is 15.8 Å². The van der Waals surface area contributed by atoms with Crippen LogP contribution in [0.5, 0.6) is 5.75 Å². The van der Waals surface area contributed by atoms with Crippen LogP contribution in [-0.2, 0) is 0 Å². The van der Waals surface area contributed by atoms with Gasteiger partial charge in [0.25, 0.3) is 0 Å². The largest absolute Gasteiger partial charge is 0.492 e. The molecule has 0 aliphatic heterocycles. The zero-order chi connectivity index (χ0) is 12.1. The zero-order valence-electron chi connectivity index (χ0n) is 9.84. The molecule has 5 heteroatoms. The van der Waals surface area contributed by atoms with Crippen molar-refractivity contribution in [2.45, 2.75) is 18.2 Å². The molecule has 2 aromatic rings. The van der Waals surface area contributed by atoms with Crippen LogP contribution in [0.25, 0.3) is 0 Å². The van der Waals surface area contributed by atoms with E-state index >= 15 is 0 Å². The number of para-hydroxylation sites is 1. The molecular weight excluding hydrogens is 252 g/mol. The van der Waals surface area contributed by atoms with Crippen molar-refractivity contribution in [1.29, 1.82) is 0 Å². The summed E-state index contributed by atoms with van der Waals surface area (Å²) in [4.78, 5) is 0. The highest BCUT2D eigenvalue weighted by Gasteiger charge is 2.03. The molecule has 0 radical (unpaired) electrons. The monoisotopic (exact) mass is 266 g/mol. The number of rotatable bonds is 5. The van der Waals surface area contributed by atoms with Crippen LogP contribution < -0.4 is 4.74 Å². The molecule has 0 fully saturated rings. The van der Waals surface area contributed by atoms with Gasteiger partial charge in [0.15, 0.2) is 4.34 Å². The van der Waals surface area contributed by atoms with E-state index in [2.05, 4.69) is 36.2 Å². The van der Waals surface area contributed by atoms with Crippen molar-refractivity contribution in [3.05, 3.63) is 34.8 Å². The van der Waals surface area contributed by atoms with Gasteiger partial charge in [0.1, 0.15) is 11.3 Å². The summed E-state index contributed by atoms with van der Waals surface area (Å²) < 4.78 is 6.80. The molecule has 2 rings (SSSR count). The van der Waals surface area contributed by atoms with Gasteiger partial charge >= 0.3 is 0 Å². The molecule has 0 N–H and O–H groups in total. The van der Waals surface area contributed by atoms with Gasteiger partial charge in [0.2, 0.25) is 0 Å². The van der Waals surface area contributed by atoms with E-state index in [9.17, 15) is 0 Å². The van der Waals surface area contributed by atoms with Crippen LogP contribution in [0.1, 0.15) is 11.1 Å². The predicted molar refractivity (Wildman–Crippen MR) is 72.0 cm³/mol. The van der Waals surface area contributed by atoms with E-state index in [1.54, 1.807) is 28.6 Å². The van der Waals surface area contributed by atoms with Gasteiger partial charge < -0.3 is 4.74 Å². The van der Waals surface area contributed by atoms with Gasteiger partial charge in [0, 0.05) is 5.75 Å². The van der Waals surface area contributed by atoms with E-state index in [-0.39, 0.29) is 0 Å². The molecule has 0 unspecified atom stereocenters. The SMILES string of the molecule is Cc1cccc(C)c1OCCSc1nncs1. The molecule has 0 saturated carbocycles. The van der Waals surface area contributed by atoms with Crippen LogP contribution in [0, 0.1) is 13.8 Å². The first-order chi connectivity index (χ1) is 8.27. The average Bonchev–Trinajstić information content (AvgIpc) is 2.80. The highest BCUT2D eigenvalue weighted by atomic mass is 32.2. The molecule has 0 aliphatic carbocycles. The lowest BCUT2D eigenvalue weighted by molar-refractivity contribution is 0.339. The van der Waals surface area contributed by atoms with Crippen molar-refractivity contribution in [2.24, 2.45) is 0 Å². The Labute approximate surface area is 109 Å². The van der Waals surface area contributed by atoms with Crippen LogP contribution in [0.3, 0.4) is 0 Å². The molecule has 1 aromatic carbocycles. The third kappa shape index (κ3) is 3.44. The number of hydrogen-bond acceptors (Lipinski definition) is 5. The van der Waals surface area contributed by atoms with Gasteiger partial charge in [-0.3, -0.25) is 0 Å². The molecule has 3 nitrogen and oxygen atoms in total. The lowest BCUT2D eigenvalue weighted by Gasteiger charge is -2.11. The summed E-state index contributed by atoms with van der Waals surface area (Å²) in [6.07, 6.45) is 0. The molecule has 1 heterocycles. The molecule has 0 atom stereocenters. The summed E-state index contributed by atoms with van der Waals surface area (Å²) in [6, 6.07) is 6.19. The molecule has 90 valence electrons. The van der Waals surface area contributed by atoms with E-state index < -0.39 is 0 Å². The third-order valence-corrected chi connectivity index (χ3v) is 4.13. The summed E-state index contributed by atoms with van der Waals surface area (Å²) in [5.41, 5.74) is 4.12. The molecule has 0 spiro atoms. The number of aryl methyl sites for hydroxylation is 2. The van der Waals surface area contributed by atoms with Gasteiger partial charge in [-0.15, -0.1) is 10.2 Å². The smallest absolute Gasteiger partial charge is 0.174 e. The van der Waals surface area contributed by atoms with Crippen LogP contribution in [0.4, 0.5) is 0 Å². The Morgan fingerprint density at radius 1 is 1.29 bits per heavy atom. The lowest BCUT2D eigenvalue weighted by atomic mass is 10.1. The predicted octanol–water partition coefficient (Wildman–Crippen LogP) is 3.33. The van der Waals surface area contributed by atoms with Gasteiger partial charge in [0.05, 0.1) is 6.61 Å². The van der Waals surface area contributed by atoms with Crippen molar-refractivity contribution in [1.82, 2.24) is 10.2 Å². The first kappa shape index (κ1) is 12.4. The number of ether oxygens (including phenoxy) is 1. The summed E-state index contributed by atoms with van der Waals surface area (Å²) in [6.45, 7) is 4.83. The Morgan fingerprint density at radius 3 is 2.71 bits per heavy atom. The Kier molecular flexibility index (Phi) is 4.39. The maximum Gasteiger partial charge on any atom is 0.174 e. The zero-order valence-corrected chi connectivity index (χ0v) is 11.5. The van der Waals surface area contributed by atoms with Crippen LogP contribution in [0.15, 0.2) is 28.0 Å². The van der Waals surface area contributed by atoms with Gasteiger partial charge in [-0.2, -0.15) is 0 Å². The number of hydrogen-bond donors (Lipinski definition) is 0. The van der Waals surface area contributed by atoms with Crippen LogP contribution >= 0.6 is 23.1 Å². The van der Waals surface area contributed by atoms with Gasteiger partial charge in [-0.05, 0) is 25.0 Å². The minimum atomic E-state index is 0.690. The average molecular weight is 266 g/mol. The second-order valence-corrected chi connectivity index (χ2v) is 5.80. The fourth-order valence-corrected chi connectivity index (χ4v) is 2.90. The first-order valence-electron chi connectivity index (χ1n) is 5.35. The molecule has 0 saturated heterocycles. The fraction of sp³-hybridized carbons (Fsp3) is 0.333. The third-order valence-electron chi connectivity index (χ3n) is 2.30. The van der Waals surface area contributed by atoms with E-state index in [0.29, 0.717) is 6.61 Å². The first-order valence-corrected chi connectivity index (χ1v) is 7.22. The number of thioether (sulfide) groups is 1. The van der Waals surface area contributed by atoms with Crippen molar-refractivity contribution < 1.29 is 4.74 Å². The maximum absolute atomic E-state index is 5.80. The van der Waals surface area contributed by atoms with E-state index in [4.69, 9.17) is 4.74 Å². The van der Waals surface area contributed by atoms with Crippen molar-refractivity contribution in [3.8, 4) is 5.75 Å². The summed E-state index contributed by atoms with van der Waals surface area (Å²) in [7, 11) is 0. The summed E-state index contributed by atoms with van der Waals surface area (Å²) in [5.74, 6) is 1.90. The van der Waals surface area contributed by atoms with E-state index in [1.807, 2.05) is 6.07 Å². The second-order valence-electron chi connectivity index (χ2n) is 3.62. The normalized spacial score (nSPS) is 10.5. The highest BCUT2D eigenvalue weighted by molar-refractivity contribution is 8.01. The molecule has 0 aliphatic rings. The van der Waals surface area contributed by atoms with Gasteiger partial charge in [-0.1, -0.05) is 41.3 Å². The Morgan fingerprint density at radius 2 is 2.06 bits per heavy atom. The fourth-order valence-electron chi connectivity index (χ4n) is 1.53. The number of benzene rings is 1. The summed E-state index contributed by atoms with van der Waals surface area (Å²) >= 11 is 3.24.